The second-order valence-electron chi connectivity index (χ2n) is 8.02. The number of primary amides is 1. The Labute approximate surface area is 192 Å². The van der Waals surface area contributed by atoms with E-state index in [0.717, 1.165) is 40.1 Å². The number of amides is 1. The van der Waals surface area contributed by atoms with E-state index < -0.39 is 18.1 Å². The van der Waals surface area contributed by atoms with E-state index >= 15 is 0 Å². The average molecular weight is 455 g/mol. The molecule has 0 saturated carbocycles. The third kappa shape index (κ3) is 5.94. The molecule has 1 aromatic carbocycles. The topological polar surface area (TPSA) is 145 Å². The first kappa shape index (κ1) is 24.3. The summed E-state index contributed by atoms with van der Waals surface area (Å²) < 4.78 is 11.3. The molecule has 0 bridgehead atoms. The molecule has 0 aliphatic rings. The van der Waals surface area contributed by atoms with Crippen molar-refractivity contribution in [2.75, 3.05) is 6.61 Å². The van der Waals surface area contributed by atoms with E-state index in [4.69, 9.17) is 15.0 Å². The number of carbonyl (C=O) groups excluding carboxylic acids is 1. The smallest absolute Gasteiger partial charge is 0.258 e. The molecule has 0 aliphatic carbocycles. The minimum atomic E-state index is -1.41. The Bertz CT molecular complexity index is 1130. The van der Waals surface area contributed by atoms with Crippen LogP contribution in [0.25, 0.3) is 22.8 Å². The lowest BCUT2D eigenvalue weighted by Crippen LogP contribution is -2.33. The van der Waals surface area contributed by atoms with Crippen molar-refractivity contribution in [2.45, 2.75) is 59.2 Å². The maximum Gasteiger partial charge on any atom is 0.258 e. The van der Waals surface area contributed by atoms with Crippen molar-refractivity contribution in [3.63, 3.8) is 0 Å². The summed E-state index contributed by atoms with van der Waals surface area (Å²) in [6.45, 7) is 7.78. The molecule has 0 fully saturated rings. The quantitative estimate of drug-likeness (QED) is 0.424. The molecule has 2 aromatic heterocycles. The van der Waals surface area contributed by atoms with Crippen LogP contribution < -0.4 is 10.5 Å². The van der Waals surface area contributed by atoms with Crippen LogP contribution in [0.5, 0.6) is 5.75 Å². The molecular formula is C24H30N4O5. The van der Waals surface area contributed by atoms with Crippen molar-refractivity contribution < 1.29 is 24.3 Å². The van der Waals surface area contributed by atoms with Crippen LogP contribution >= 0.6 is 0 Å². The molecule has 9 nitrogen and oxygen atoms in total. The molecule has 3 aromatic rings. The number of aliphatic hydroxyl groups excluding tert-OH is 2. The number of nitrogens with two attached hydrogens (primary N) is 1. The Morgan fingerprint density at radius 3 is 2.52 bits per heavy atom. The fraction of sp³-hybridized carbons (Fsp3) is 0.417. The maximum absolute atomic E-state index is 11.0. The van der Waals surface area contributed by atoms with Crippen molar-refractivity contribution in [2.24, 2.45) is 5.73 Å². The number of carbonyl (C=O) groups is 1. The molecule has 0 aliphatic heterocycles. The number of hydrogen-bond donors (Lipinski definition) is 3. The summed E-state index contributed by atoms with van der Waals surface area (Å²) >= 11 is 0. The largest absolute Gasteiger partial charge is 0.490 e. The minimum Gasteiger partial charge on any atom is -0.490 e. The van der Waals surface area contributed by atoms with Gasteiger partial charge >= 0.3 is 0 Å². The van der Waals surface area contributed by atoms with E-state index in [1.807, 2.05) is 52.0 Å². The predicted octanol–water partition coefficient (Wildman–Crippen LogP) is 2.52. The summed E-state index contributed by atoms with van der Waals surface area (Å²) in [5, 5.41) is 23.7. The maximum atomic E-state index is 11.0. The van der Waals surface area contributed by atoms with Crippen molar-refractivity contribution >= 4 is 5.91 Å². The van der Waals surface area contributed by atoms with Crippen LogP contribution in [0.1, 0.15) is 42.8 Å². The highest BCUT2D eigenvalue weighted by molar-refractivity contribution is 5.78. The fourth-order valence-corrected chi connectivity index (χ4v) is 3.57. The van der Waals surface area contributed by atoms with Gasteiger partial charge in [-0.2, -0.15) is 4.98 Å². The van der Waals surface area contributed by atoms with Gasteiger partial charge in [0.1, 0.15) is 18.5 Å². The van der Waals surface area contributed by atoms with E-state index in [-0.39, 0.29) is 13.0 Å². The lowest BCUT2D eigenvalue weighted by Gasteiger charge is -2.18. The molecule has 33 heavy (non-hydrogen) atoms. The second-order valence-corrected chi connectivity index (χ2v) is 8.02. The molecule has 176 valence electrons. The monoisotopic (exact) mass is 454 g/mol. The van der Waals surface area contributed by atoms with Gasteiger partial charge in [-0.15, -0.1) is 0 Å². The van der Waals surface area contributed by atoms with Crippen LogP contribution in [0.2, 0.25) is 0 Å². The number of benzene rings is 1. The lowest BCUT2D eigenvalue weighted by atomic mass is 10.0. The number of aliphatic hydroxyl groups is 2. The van der Waals surface area contributed by atoms with Gasteiger partial charge < -0.3 is 25.2 Å². The first-order chi connectivity index (χ1) is 15.7. The average Bonchev–Trinajstić information content (AvgIpc) is 3.27. The molecule has 0 saturated heterocycles. The Morgan fingerprint density at radius 2 is 1.85 bits per heavy atom. The number of nitrogens with zero attached hydrogens (tertiary/aromatic N) is 3. The molecule has 1 unspecified atom stereocenters. The van der Waals surface area contributed by atoms with Crippen molar-refractivity contribution in [1.29, 1.82) is 0 Å². The van der Waals surface area contributed by atoms with E-state index in [1.165, 1.54) is 0 Å². The summed E-state index contributed by atoms with van der Waals surface area (Å²) in [6.07, 6.45) is -1.14. The highest BCUT2D eigenvalue weighted by atomic mass is 16.5. The summed E-state index contributed by atoms with van der Waals surface area (Å²) in [7, 11) is 0. The first-order valence-corrected chi connectivity index (χ1v) is 11.0. The molecular weight excluding hydrogens is 424 g/mol. The zero-order chi connectivity index (χ0) is 24.1. The molecule has 1 amide bonds. The standard InChI is InChI=1S/C24H30N4O5/c1-5-15-9-16(7-13(3)21(15)32-12-19(29)11-20(30)22(25)31)23-27-24(33-28-23)17-8-14(4)26-18(6-2)10-17/h7-10,19-20,29-30H,5-6,11-12H2,1-4H3,(H2,25,31)/t19-,20?/m0/s1. The molecule has 2 atom stereocenters. The number of hydrogen-bond acceptors (Lipinski definition) is 8. The van der Waals surface area contributed by atoms with E-state index in [9.17, 15) is 15.0 Å². The van der Waals surface area contributed by atoms with Gasteiger partial charge in [-0.05, 0) is 62.1 Å². The van der Waals surface area contributed by atoms with Crippen molar-refractivity contribution in [1.82, 2.24) is 15.1 Å². The first-order valence-electron chi connectivity index (χ1n) is 11.0. The zero-order valence-electron chi connectivity index (χ0n) is 19.3. The zero-order valence-corrected chi connectivity index (χ0v) is 19.3. The highest BCUT2D eigenvalue weighted by Crippen LogP contribution is 2.31. The van der Waals surface area contributed by atoms with Crippen LogP contribution in [0.4, 0.5) is 0 Å². The third-order valence-corrected chi connectivity index (χ3v) is 5.28. The fourth-order valence-electron chi connectivity index (χ4n) is 3.57. The summed E-state index contributed by atoms with van der Waals surface area (Å²) in [4.78, 5) is 20.0. The summed E-state index contributed by atoms with van der Waals surface area (Å²) in [6, 6.07) is 7.68. The number of pyridine rings is 1. The molecule has 0 radical (unpaired) electrons. The predicted molar refractivity (Wildman–Crippen MR) is 123 cm³/mol. The van der Waals surface area contributed by atoms with Crippen LogP contribution in [0.15, 0.2) is 28.8 Å². The van der Waals surface area contributed by atoms with E-state index in [1.54, 1.807) is 0 Å². The van der Waals surface area contributed by atoms with Gasteiger partial charge in [0.2, 0.25) is 11.7 Å². The highest BCUT2D eigenvalue weighted by Gasteiger charge is 2.19. The number of aryl methyl sites for hydroxylation is 4. The normalized spacial score (nSPS) is 13.0. The molecule has 4 N–H and O–H groups in total. The lowest BCUT2D eigenvalue weighted by molar-refractivity contribution is -0.127. The van der Waals surface area contributed by atoms with E-state index in [2.05, 4.69) is 15.1 Å². The van der Waals surface area contributed by atoms with E-state index in [0.29, 0.717) is 23.9 Å². The molecule has 3 rings (SSSR count). The Hall–Kier alpha value is -3.30. The van der Waals surface area contributed by atoms with Crippen LogP contribution in [-0.2, 0) is 17.6 Å². The Morgan fingerprint density at radius 1 is 1.09 bits per heavy atom. The second kappa shape index (κ2) is 10.5. The SMILES string of the molecule is CCc1cc(-c2nc(-c3cc(C)c(OC[C@@H](O)CC(O)C(N)=O)c(CC)c3)no2)cc(C)n1. The van der Waals surface area contributed by atoms with Gasteiger partial charge in [0.05, 0.1) is 6.10 Å². The van der Waals surface area contributed by atoms with Gasteiger partial charge in [0.25, 0.3) is 5.89 Å². The summed E-state index contributed by atoms with van der Waals surface area (Å²) in [5.41, 5.74) is 10.2. The van der Waals surface area contributed by atoms with Crippen molar-refractivity contribution in [3.8, 4) is 28.6 Å². The van der Waals surface area contributed by atoms with Gasteiger partial charge in [0, 0.05) is 28.9 Å². The van der Waals surface area contributed by atoms with Gasteiger partial charge in [-0.3, -0.25) is 9.78 Å². The van der Waals surface area contributed by atoms with Crippen LogP contribution in [0, 0.1) is 13.8 Å². The Kier molecular flexibility index (Phi) is 7.78. The van der Waals surface area contributed by atoms with Crippen LogP contribution in [0.3, 0.4) is 0 Å². The number of rotatable bonds is 10. The van der Waals surface area contributed by atoms with Crippen LogP contribution in [-0.4, -0.2) is 50.1 Å². The van der Waals surface area contributed by atoms with Gasteiger partial charge in [-0.1, -0.05) is 19.0 Å². The molecule has 9 heteroatoms. The van der Waals surface area contributed by atoms with Gasteiger partial charge in [-0.25, -0.2) is 0 Å². The number of aromatic nitrogens is 3. The molecule has 2 heterocycles. The van der Waals surface area contributed by atoms with Crippen molar-refractivity contribution in [3.05, 3.63) is 46.8 Å². The Balaban J connectivity index is 1.81. The summed E-state index contributed by atoms with van der Waals surface area (Å²) in [5.74, 6) is 0.648. The third-order valence-electron chi connectivity index (χ3n) is 5.28. The number of ether oxygens (including phenoxy) is 1. The van der Waals surface area contributed by atoms with Gasteiger partial charge in [0.15, 0.2) is 0 Å². The molecule has 0 spiro atoms. The minimum absolute atomic E-state index is 0.0783.